The summed E-state index contributed by atoms with van der Waals surface area (Å²) < 4.78 is 11.6. The lowest BCUT2D eigenvalue weighted by molar-refractivity contribution is 0.185. The number of hydrogen-bond acceptors (Lipinski definition) is 3. The number of methoxy groups -OCH3 is 2. The molecule has 0 aromatic heterocycles. The minimum Gasteiger partial charge on any atom is -0.495 e. The van der Waals surface area contributed by atoms with E-state index in [1.807, 2.05) is 6.07 Å². The van der Waals surface area contributed by atoms with Crippen LogP contribution < -0.4 is 10.1 Å². The molecule has 0 fully saturated rings. The predicted octanol–water partition coefficient (Wildman–Crippen LogP) is 4.52. The Morgan fingerprint density at radius 2 is 1.86 bits per heavy atom. The highest BCUT2D eigenvalue weighted by Gasteiger charge is 2.08. The number of rotatable bonds is 6. The van der Waals surface area contributed by atoms with E-state index in [0.717, 1.165) is 28.0 Å². The first-order valence-electron chi connectivity index (χ1n) is 6.79. The van der Waals surface area contributed by atoms with Crippen molar-refractivity contribution < 1.29 is 9.47 Å². The molecule has 0 aliphatic rings. The van der Waals surface area contributed by atoms with Crippen LogP contribution in [0.2, 0.25) is 0 Å². The molecule has 1 N–H and O–H groups in total. The second kappa shape index (κ2) is 7.48. The molecule has 0 heterocycles. The maximum Gasteiger partial charge on any atom is 0.143 e. The van der Waals surface area contributed by atoms with Gasteiger partial charge in [-0.1, -0.05) is 40.2 Å². The van der Waals surface area contributed by atoms with E-state index in [0.29, 0.717) is 6.61 Å². The van der Waals surface area contributed by atoms with Crippen LogP contribution in [0.15, 0.2) is 40.9 Å². The van der Waals surface area contributed by atoms with Crippen molar-refractivity contribution in [3.63, 3.8) is 0 Å². The first-order valence-corrected chi connectivity index (χ1v) is 7.58. The number of ether oxygens (including phenoxy) is 2. The minimum absolute atomic E-state index is 0.633. The SMILES string of the molecule is COCc1cccc(CNc2c(C)cc(Br)cc2OC)c1. The van der Waals surface area contributed by atoms with Gasteiger partial charge in [0, 0.05) is 18.1 Å². The third-order valence-corrected chi connectivity index (χ3v) is 3.71. The molecule has 0 saturated carbocycles. The highest BCUT2D eigenvalue weighted by molar-refractivity contribution is 9.10. The molecule has 0 aliphatic carbocycles. The van der Waals surface area contributed by atoms with E-state index in [1.165, 1.54) is 11.1 Å². The van der Waals surface area contributed by atoms with Crippen LogP contribution in [-0.2, 0) is 17.9 Å². The molecule has 0 atom stereocenters. The Kier molecular flexibility index (Phi) is 5.65. The fraction of sp³-hybridized carbons (Fsp3) is 0.294. The molecule has 2 aromatic carbocycles. The number of aryl methyl sites for hydroxylation is 1. The van der Waals surface area contributed by atoms with Crippen molar-refractivity contribution in [3.8, 4) is 5.75 Å². The van der Waals surface area contributed by atoms with Crippen LogP contribution >= 0.6 is 15.9 Å². The van der Waals surface area contributed by atoms with Gasteiger partial charge in [0.05, 0.1) is 19.4 Å². The molecule has 21 heavy (non-hydrogen) atoms. The van der Waals surface area contributed by atoms with Gasteiger partial charge in [0.15, 0.2) is 0 Å². The van der Waals surface area contributed by atoms with Gasteiger partial charge in [0.2, 0.25) is 0 Å². The lowest BCUT2D eigenvalue weighted by atomic mass is 10.1. The van der Waals surface area contributed by atoms with Crippen molar-refractivity contribution in [1.82, 2.24) is 0 Å². The zero-order chi connectivity index (χ0) is 15.2. The van der Waals surface area contributed by atoms with Gasteiger partial charge in [0.25, 0.3) is 0 Å². The Morgan fingerprint density at radius 3 is 2.57 bits per heavy atom. The van der Waals surface area contributed by atoms with E-state index in [9.17, 15) is 0 Å². The predicted molar refractivity (Wildman–Crippen MR) is 89.9 cm³/mol. The normalized spacial score (nSPS) is 10.5. The summed E-state index contributed by atoms with van der Waals surface area (Å²) in [6.45, 7) is 3.45. The van der Waals surface area contributed by atoms with Crippen molar-refractivity contribution in [2.45, 2.75) is 20.1 Å². The molecule has 0 aliphatic heterocycles. The monoisotopic (exact) mass is 349 g/mol. The van der Waals surface area contributed by atoms with E-state index in [-0.39, 0.29) is 0 Å². The molecule has 3 nitrogen and oxygen atoms in total. The van der Waals surface area contributed by atoms with Crippen molar-refractivity contribution >= 4 is 21.6 Å². The molecule has 0 saturated heterocycles. The molecule has 0 unspecified atom stereocenters. The third kappa shape index (κ3) is 4.22. The van der Waals surface area contributed by atoms with Crippen LogP contribution in [0.4, 0.5) is 5.69 Å². The van der Waals surface area contributed by atoms with E-state index in [1.54, 1.807) is 14.2 Å². The van der Waals surface area contributed by atoms with Crippen LogP contribution in [0.25, 0.3) is 0 Å². The number of halogens is 1. The Labute approximate surface area is 134 Å². The second-order valence-electron chi connectivity index (χ2n) is 4.91. The van der Waals surface area contributed by atoms with E-state index < -0.39 is 0 Å². The van der Waals surface area contributed by atoms with Gasteiger partial charge >= 0.3 is 0 Å². The number of benzene rings is 2. The van der Waals surface area contributed by atoms with E-state index in [2.05, 4.69) is 58.5 Å². The number of hydrogen-bond donors (Lipinski definition) is 1. The van der Waals surface area contributed by atoms with Gasteiger partial charge in [-0.05, 0) is 35.7 Å². The summed E-state index contributed by atoms with van der Waals surface area (Å²) in [5.74, 6) is 0.843. The average molecular weight is 350 g/mol. The third-order valence-electron chi connectivity index (χ3n) is 3.26. The van der Waals surface area contributed by atoms with Gasteiger partial charge in [0.1, 0.15) is 5.75 Å². The summed E-state index contributed by atoms with van der Waals surface area (Å²) in [7, 11) is 3.40. The smallest absolute Gasteiger partial charge is 0.143 e. The van der Waals surface area contributed by atoms with Gasteiger partial charge in [-0.3, -0.25) is 0 Å². The van der Waals surface area contributed by atoms with E-state index in [4.69, 9.17) is 9.47 Å². The highest BCUT2D eigenvalue weighted by Crippen LogP contribution is 2.32. The van der Waals surface area contributed by atoms with E-state index >= 15 is 0 Å². The molecule has 2 aromatic rings. The molecule has 2 rings (SSSR count). The molecular weight excluding hydrogens is 330 g/mol. The molecule has 0 radical (unpaired) electrons. The standard InChI is InChI=1S/C17H20BrNO2/c1-12-7-15(18)9-16(21-3)17(12)19-10-13-5-4-6-14(8-13)11-20-2/h4-9,19H,10-11H2,1-3H3. The lowest BCUT2D eigenvalue weighted by Crippen LogP contribution is -2.04. The molecule has 0 spiro atoms. The minimum atomic E-state index is 0.633. The maximum absolute atomic E-state index is 5.45. The van der Waals surface area contributed by atoms with Crippen molar-refractivity contribution in [3.05, 3.63) is 57.6 Å². The highest BCUT2D eigenvalue weighted by atomic mass is 79.9. The van der Waals surface area contributed by atoms with Crippen LogP contribution in [0, 0.1) is 6.92 Å². The summed E-state index contributed by atoms with van der Waals surface area (Å²) in [5, 5.41) is 3.46. The van der Waals surface area contributed by atoms with Crippen LogP contribution in [0.1, 0.15) is 16.7 Å². The largest absolute Gasteiger partial charge is 0.495 e. The fourth-order valence-corrected chi connectivity index (χ4v) is 2.84. The first kappa shape index (κ1) is 15.9. The second-order valence-corrected chi connectivity index (χ2v) is 5.82. The summed E-state index contributed by atoms with van der Waals surface area (Å²) in [4.78, 5) is 0. The lowest BCUT2D eigenvalue weighted by Gasteiger charge is -2.15. The van der Waals surface area contributed by atoms with Gasteiger partial charge in [-0.25, -0.2) is 0 Å². The fourth-order valence-electron chi connectivity index (χ4n) is 2.29. The molecule has 112 valence electrons. The summed E-state index contributed by atoms with van der Waals surface area (Å²) in [6, 6.07) is 12.4. The van der Waals surface area contributed by atoms with Crippen LogP contribution in [0.3, 0.4) is 0 Å². The van der Waals surface area contributed by atoms with Crippen molar-refractivity contribution in [2.75, 3.05) is 19.5 Å². The number of anilines is 1. The Morgan fingerprint density at radius 1 is 1.10 bits per heavy atom. The Hall–Kier alpha value is -1.52. The van der Waals surface area contributed by atoms with Gasteiger partial charge in [-0.15, -0.1) is 0 Å². The summed E-state index contributed by atoms with van der Waals surface area (Å²) in [5.41, 5.74) is 4.57. The summed E-state index contributed by atoms with van der Waals surface area (Å²) in [6.07, 6.45) is 0. The quantitative estimate of drug-likeness (QED) is 0.831. The number of nitrogens with one attached hydrogen (secondary N) is 1. The molecular formula is C17H20BrNO2. The van der Waals surface area contributed by atoms with Crippen LogP contribution in [-0.4, -0.2) is 14.2 Å². The van der Waals surface area contributed by atoms with Gasteiger partial charge < -0.3 is 14.8 Å². The molecule has 4 heteroatoms. The first-order chi connectivity index (χ1) is 10.1. The van der Waals surface area contributed by atoms with Crippen molar-refractivity contribution in [2.24, 2.45) is 0 Å². The molecule has 0 bridgehead atoms. The maximum atomic E-state index is 5.45. The Bertz CT molecular complexity index is 614. The van der Waals surface area contributed by atoms with Crippen molar-refractivity contribution in [1.29, 1.82) is 0 Å². The average Bonchev–Trinajstić information content (AvgIpc) is 2.46. The zero-order valence-electron chi connectivity index (χ0n) is 12.6. The molecule has 0 amide bonds. The zero-order valence-corrected chi connectivity index (χ0v) is 14.2. The summed E-state index contributed by atoms with van der Waals surface area (Å²) >= 11 is 3.49. The van der Waals surface area contributed by atoms with Gasteiger partial charge in [-0.2, -0.15) is 0 Å². The topological polar surface area (TPSA) is 30.5 Å². The van der Waals surface area contributed by atoms with Crippen LogP contribution in [0.5, 0.6) is 5.75 Å². The Balaban J connectivity index is 2.14.